The molecule has 2 saturated heterocycles. The van der Waals surface area contributed by atoms with Gasteiger partial charge in [0.05, 0.1) is 28.2 Å². The predicted octanol–water partition coefficient (Wildman–Crippen LogP) is 5.83. The maximum Gasteiger partial charge on any atom is 0.416 e. The number of alkyl halides is 6. The summed E-state index contributed by atoms with van der Waals surface area (Å²) >= 11 is 6.22. The van der Waals surface area contributed by atoms with Crippen molar-refractivity contribution in [3.63, 3.8) is 0 Å². The molecule has 0 aromatic heterocycles. The van der Waals surface area contributed by atoms with Gasteiger partial charge in [-0.1, -0.05) is 30.0 Å². The first-order valence-corrected chi connectivity index (χ1v) is 17.7. The molecule has 0 aliphatic carbocycles. The lowest BCUT2D eigenvalue weighted by molar-refractivity contribution is -0.143. The number of carbonyl (C=O) groups excluding carboxylic acids is 3. The van der Waals surface area contributed by atoms with E-state index in [1.54, 1.807) is 4.90 Å². The fraction of sp³-hybridized carbons (Fsp3) is 0.306. The molecule has 292 valence electrons. The van der Waals surface area contributed by atoms with E-state index in [0.717, 1.165) is 16.7 Å². The van der Waals surface area contributed by atoms with E-state index in [4.69, 9.17) is 22.1 Å². The summed E-state index contributed by atoms with van der Waals surface area (Å²) in [5, 5.41) is 20.8. The summed E-state index contributed by atoms with van der Waals surface area (Å²) < 4.78 is 88.0. The van der Waals surface area contributed by atoms with Gasteiger partial charge < -0.3 is 25.2 Å². The number of β-amino-alcohol motifs (C(OH)–C–C–N with tert-alkyl or cyclic N) is 1. The molecule has 55 heavy (non-hydrogen) atoms. The Balaban J connectivity index is 1.40. The highest BCUT2D eigenvalue weighted by atomic mass is 32.2. The van der Waals surface area contributed by atoms with Crippen LogP contribution in [0.3, 0.4) is 0 Å². The molecule has 3 aromatic rings. The quantitative estimate of drug-likeness (QED) is 0.116. The van der Waals surface area contributed by atoms with Crippen molar-refractivity contribution in [2.45, 2.75) is 18.8 Å². The maximum atomic E-state index is 13.7. The molecule has 3 N–H and O–H groups in total. The van der Waals surface area contributed by atoms with Gasteiger partial charge in [-0.3, -0.25) is 24.2 Å². The van der Waals surface area contributed by atoms with Crippen molar-refractivity contribution < 1.29 is 60.5 Å². The van der Waals surface area contributed by atoms with Crippen molar-refractivity contribution in [1.82, 2.24) is 14.7 Å². The molecular weight excluding hydrogens is 779 g/mol. The molecule has 2 heterocycles. The molecule has 2 fully saturated rings. The predicted molar refractivity (Wildman–Crippen MR) is 194 cm³/mol. The zero-order valence-corrected chi connectivity index (χ0v) is 30.2. The number of hydrogen-bond donors (Lipinski definition) is 3. The molecule has 3 aromatic carbocycles. The first-order chi connectivity index (χ1) is 25.9. The molecule has 5 rings (SSSR count). The van der Waals surface area contributed by atoms with Crippen LogP contribution >= 0.6 is 24.0 Å². The Morgan fingerprint density at radius 2 is 1.51 bits per heavy atom. The van der Waals surface area contributed by atoms with Gasteiger partial charge in [-0.2, -0.15) is 26.3 Å². The van der Waals surface area contributed by atoms with E-state index in [-0.39, 0.29) is 57.3 Å². The minimum Gasteiger partial charge on any atom is -0.483 e. The van der Waals surface area contributed by atoms with E-state index in [0.29, 0.717) is 50.5 Å². The van der Waals surface area contributed by atoms with Crippen LogP contribution in [0, 0.1) is 0 Å². The Morgan fingerprint density at radius 3 is 2.09 bits per heavy atom. The molecule has 0 atom stereocenters. The fourth-order valence-corrected chi connectivity index (χ4v) is 6.95. The molecule has 0 bridgehead atoms. The monoisotopic (exact) mass is 810 g/mol. The topological polar surface area (TPSA) is 140 Å². The molecule has 2 aliphatic heterocycles. The highest BCUT2D eigenvalue weighted by Gasteiger charge is 2.37. The number of nitrogens with one attached hydrogen (secondary N) is 1. The molecule has 19 heteroatoms. The number of piperazine rings is 1. The zero-order chi connectivity index (χ0) is 40.1. The largest absolute Gasteiger partial charge is 0.483 e. The van der Waals surface area contributed by atoms with Gasteiger partial charge in [-0.05, 0) is 71.8 Å². The minimum absolute atomic E-state index is 0.00222. The molecule has 0 spiro atoms. The summed E-state index contributed by atoms with van der Waals surface area (Å²) in [6.07, 6.45) is -9.11. The number of rotatable bonds is 12. The molecular formula is C36H32F6N4O7S2. The summed E-state index contributed by atoms with van der Waals surface area (Å²) in [5.74, 6) is -2.69. The number of aliphatic hydroxyl groups is 1. The second-order valence-electron chi connectivity index (χ2n) is 12.3. The van der Waals surface area contributed by atoms with Crippen LogP contribution in [-0.4, -0.2) is 105 Å². The highest BCUT2D eigenvalue weighted by molar-refractivity contribution is 8.26. The fourth-order valence-electron chi connectivity index (χ4n) is 5.65. The van der Waals surface area contributed by atoms with Gasteiger partial charge in [0, 0.05) is 56.9 Å². The van der Waals surface area contributed by atoms with Gasteiger partial charge in [-0.15, -0.1) is 0 Å². The third kappa shape index (κ3) is 10.6. The number of aliphatic hydroxyl groups excluding tert-OH is 1. The number of carboxylic acid groups (broad SMARTS) is 1. The smallest absolute Gasteiger partial charge is 0.416 e. The van der Waals surface area contributed by atoms with Crippen LogP contribution in [0.25, 0.3) is 17.2 Å². The number of carboxylic acids is 1. The second kappa shape index (κ2) is 17.2. The van der Waals surface area contributed by atoms with Crippen LogP contribution in [-0.2, 0) is 26.7 Å². The van der Waals surface area contributed by atoms with Gasteiger partial charge in [0.2, 0.25) is 5.91 Å². The van der Waals surface area contributed by atoms with Crippen LogP contribution in [0.4, 0.5) is 32.0 Å². The average Bonchev–Trinajstić information content (AvgIpc) is 3.40. The van der Waals surface area contributed by atoms with Crippen LogP contribution in [0.2, 0.25) is 0 Å². The molecule has 2 aliphatic rings. The van der Waals surface area contributed by atoms with E-state index in [9.17, 15) is 50.6 Å². The van der Waals surface area contributed by atoms with Gasteiger partial charge in [0.25, 0.3) is 11.8 Å². The van der Waals surface area contributed by atoms with Crippen LogP contribution in [0.15, 0.2) is 65.6 Å². The van der Waals surface area contributed by atoms with E-state index in [1.807, 2.05) is 4.90 Å². The third-order valence-electron chi connectivity index (χ3n) is 8.56. The summed E-state index contributed by atoms with van der Waals surface area (Å²) in [6.45, 7) is 1.55. The number of thioether (sulfide) groups is 1. The van der Waals surface area contributed by atoms with Gasteiger partial charge in [0.1, 0.15) is 10.1 Å². The lowest BCUT2D eigenvalue weighted by Gasteiger charge is -2.34. The Bertz CT molecular complexity index is 1970. The van der Waals surface area contributed by atoms with Gasteiger partial charge in [0.15, 0.2) is 6.61 Å². The van der Waals surface area contributed by atoms with Crippen molar-refractivity contribution in [2.24, 2.45) is 0 Å². The second-order valence-corrected chi connectivity index (χ2v) is 14.0. The molecule has 11 nitrogen and oxygen atoms in total. The number of thiocarbonyl (C=S) groups is 1. The Morgan fingerprint density at radius 1 is 0.873 bits per heavy atom. The molecule has 0 unspecified atom stereocenters. The van der Waals surface area contributed by atoms with Crippen molar-refractivity contribution in [3.8, 4) is 16.9 Å². The van der Waals surface area contributed by atoms with Crippen molar-refractivity contribution in [3.05, 3.63) is 87.8 Å². The number of ether oxygens (including phenoxy) is 1. The summed E-state index contributed by atoms with van der Waals surface area (Å²) in [4.78, 5) is 54.9. The molecule has 3 amide bonds. The van der Waals surface area contributed by atoms with E-state index < -0.39 is 59.3 Å². The van der Waals surface area contributed by atoms with Gasteiger partial charge in [-0.25, -0.2) is 4.79 Å². The van der Waals surface area contributed by atoms with Crippen LogP contribution in [0.1, 0.15) is 33.5 Å². The first-order valence-electron chi connectivity index (χ1n) is 16.5. The molecule has 0 radical (unpaired) electrons. The zero-order valence-electron chi connectivity index (χ0n) is 28.6. The Kier molecular flexibility index (Phi) is 12.9. The van der Waals surface area contributed by atoms with Crippen molar-refractivity contribution in [1.29, 1.82) is 0 Å². The van der Waals surface area contributed by atoms with E-state index >= 15 is 0 Å². The number of nitrogens with zero attached hydrogens (tertiary/aromatic N) is 3. The SMILES string of the molecule is O=C(CCN1C(=O)C(=Cc2cc(-c3cc(C(F)(F)F)cc(C(F)(F)F)c3)ccc2OCC(=O)N2CCN(CCO)CC2)SC1=S)Nc1ccc(C(=O)O)cc1. The standard InChI is InChI=1S/C36H32F6N4O7S2/c37-35(38,39)25-16-23(17-26(19-25)36(40,41)42)22-3-6-28(53-20-31(49)45-11-9-44(10-12-45)13-14-47)24(15-22)18-29-32(50)46(34(54)55-29)8-7-30(48)43-27-4-1-21(2-5-27)33(51)52/h1-6,15-19,47H,7-14,20H2,(H,43,48)(H,51,52). The summed E-state index contributed by atoms with van der Waals surface area (Å²) in [6, 6.07) is 10.3. The number of anilines is 1. The average molecular weight is 811 g/mol. The first kappa shape index (κ1) is 41.2. The van der Waals surface area contributed by atoms with Crippen LogP contribution in [0.5, 0.6) is 5.75 Å². The summed E-state index contributed by atoms with van der Waals surface area (Å²) in [7, 11) is 0. The Hall–Kier alpha value is -4.98. The van der Waals surface area contributed by atoms with Crippen molar-refractivity contribution in [2.75, 3.05) is 57.8 Å². The third-order valence-corrected chi connectivity index (χ3v) is 9.94. The van der Waals surface area contributed by atoms with Crippen molar-refractivity contribution >= 4 is 63.8 Å². The van der Waals surface area contributed by atoms with E-state index in [2.05, 4.69) is 5.32 Å². The van der Waals surface area contributed by atoms with Crippen LogP contribution < -0.4 is 10.1 Å². The molecule has 0 saturated carbocycles. The number of hydrogen-bond acceptors (Lipinski definition) is 9. The number of aromatic carboxylic acids is 1. The lowest BCUT2D eigenvalue weighted by Crippen LogP contribution is -2.50. The number of benzene rings is 3. The Labute approximate surface area is 319 Å². The number of amides is 3. The minimum atomic E-state index is -5.10. The maximum absolute atomic E-state index is 13.7. The number of carbonyl (C=O) groups is 4. The lowest BCUT2D eigenvalue weighted by atomic mass is 9.97. The normalized spacial score (nSPS) is 16.2. The number of halogens is 6. The van der Waals surface area contributed by atoms with Gasteiger partial charge >= 0.3 is 18.3 Å². The van der Waals surface area contributed by atoms with E-state index in [1.165, 1.54) is 48.5 Å². The summed E-state index contributed by atoms with van der Waals surface area (Å²) in [5.41, 5.74) is -3.16. The highest BCUT2D eigenvalue weighted by Crippen LogP contribution is 2.40.